The Morgan fingerprint density at radius 3 is 2.14 bits per heavy atom. The number of anilines is 1. The highest BCUT2D eigenvalue weighted by molar-refractivity contribution is 7.08. The highest BCUT2D eigenvalue weighted by atomic mass is 32.1. The normalized spacial score (nSPS) is 11.8. The summed E-state index contributed by atoms with van der Waals surface area (Å²) in [6.07, 6.45) is 2.14. The molecule has 0 spiro atoms. The van der Waals surface area contributed by atoms with Gasteiger partial charge in [-0.25, -0.2) is 14.0 Å². The summed E-state index contributed by atoms with van der Waals surface area (Å²) < 4.78 is 36.4. The van der Waals surface area contributed by atoms with Crippen LogP contribution in [0.2, 0.25) is 0 Å². The van der Waals surface area contributed by atoms with Crippen LogP contribution in [0.5, 0.6) is 17.2 Å². The first-order chi connectivity index (χ1) is 17.3. The molecule has 3 aromatic rings. The number of benzene rings is 2. The number of carbonyl (C=O) groups excluding carboxylic acids is 2. The van der Waals surface area contributed by atoms with Gasteiger partial charge in [0.25, 0.3) is 0 Å². The van der Waals surface area contributed by atoms with Gasteiger partial charge in [0.1, 0.15) is 11.2 Å². The summed E-state index contributed by atoms with van der Waals surface area (Å²) in [5, 5.41) is 6.44. The van der Waals surface area contributed by atoms with Crippen LogP contribution in [0.1, 0.15) is 52.7 Å². The lowest BCUT2D eigenvalue weighted by Crippen LogP contribution is -2.27. The molecular weight excluding hydrogens is 497 g/mol. The van der Waals surface area contributed by atoms with E-state index in [-0.39, 0.29) is 22.9 Å². The van der Waals surface area contributed by atoms with Crippen LogP contribution in [0.15, 0.2) is 53.2 Å². The van der Waals surface area contributed by atoms with Crippen molar-refractivity contribution in [1.82, 2.24) is 0 Å². The minimum atomic E-state index is -0.923. The number of hydrogen-bond acceptors (Lipinski definition) is 7. The van der Waals surface area contributed by atoms with Gasteiger partial charge >= 0.3 is 12.2 Å². The van der Waals surface area contributed by atoms with Crippen LogP contribution < -0.4 is 14.8 Å². The van der Waals surface area contributed by atoms with Crippen molar-refractivity contribution >= 4 is 41.4 Å². The second-order valence-electron chi connectivity index (χ2n) is 10.0. The van der Waals surface area contributed by atoms with Gasteiger partial charge in [0, 0.05) is 11.8 Å². The zero-order valence-corrected chi connectivity index (χ0v) is 22.4. The third kappa shape index (κ3) is 9.27. The summed E-state index contributed by atoms with van der Waals surface area (Å²) in [5.41, 5.74) is 0.494. The average molecular weight is 528 g/mol. The van der Waals surface area contributed by atoms with Gasteiger partial charge < -0.3 is 18.9 Å². The molecule has 0 fully saturated rings. The van der Waals surface area contributed by atoms with Gasteiger partial charge in [0.2, 0.25) is 0 Å². The minimum Gasteiger partial charge on any atom is -0.450 e. The molecule has 7 nitrogen and oxygen atoms in total. The minimum absolute atomic E-state index is 0.0528. The first-order valence-corrected chi connectivity index (χ1v) is 12.4. The molecule has 0 saturated carbocycles. The van der Waals surface area contributed by atoms with Crippen molar-refractivity contribution in [3.63, 3.8) is 0 Å². The molecular formula is C28H30FNO6S. The summed E-state index contributed by atoms with van der Waals surface area (Å²) in [6.45, 7) is 10.3. The summed E-state index contributed by atoms with van der Waals surface area (Å²) in [6, 6.07) is 10.8. The van der Waals surface area contributed by atoms with Gasteiger partial charge in [-0.2, -0.15) is 11.3 Å². The van der Waals surface area contributed by atoms with Gasteiger partial charge in [-0.3, -0.25) is 5.32 Å². The first kappa shape index (κ1) is 27.7. The maximum absolute atomic E-state index is 14.8. The summed E-state index contributed by atoms with van der Waals surface area (Å²) in [4.78, 5) is 24.3. The Balaban J connectivity index is 1.83. The molecule has 1 aromatic heterocycles. The van der Waals surface area contributed by atoms with Gasteiger partial charge in [-0.1, -0.05) is 18.2 Å². The van der Waals surface area contributed by atoms with Crippen LogP contribution in [0, 0.1) is 5.82 Å². The molecule has 0 atom stereocenters. The van der Waals surface area contributed by atoms with E-state index in [4.69, 9.17) is 18.9 Å². The van der Waals surface area contributed by atoms with Crippen molar-refractivity contribution in [2.75, 3.05) is 5.32 Å². The topological polar surface area (TPSA) is 83.1 Å². The van der Waals surface area contributed by atoms with Gasteiger partial charge in [-0.05, 0) is 93.8 Å². The lowest BCUT2D eigenvalue weighted by molar-refractivity contribution is 0.0201. The predicted octanol–water partition coefficient (Wildman–Crippen LogP) is 8.51. The fourth-order valence-corrected chi connectivity index (χ4v) is 3.55. The van der Waals surface area contributed by atoms with Crippen molar-refractivity contribution in [3.05, 3.63) is 70.2 Å². The second kappa shape index (κ2) is 11.5. The van der Waals surface area contributed by atoms with Crippen LogP contribution in [-0.4, -0.2) is 23.5 Å². The van der Waals surface area contributed by atoms with Gasteiger partial charge in [0.05, 0.1) is 0 Å². The fourth-order valence-electron chi connectivity index (χ4n) is 2.92. The zero-order chi connectivity index (χ0) is 27.2. The van der Waals surface area contributed by atoms with E-state index >= 15 is 0 Å². The molecule has 0 aliphatic heterocycles. The number of rotatable bonds is 6. The first-order valence-electron chi connectivity index (χ1n) is 11.5. The summed E-state index contributed by atoms with van der Waals surface area (Å²) >= 11 is 1.58. The molecule has 1 heterocycles. The Bertz CT molecular complexity index is 1270. The maximum atomic E-state index is 14.8. The summed E-state index contributed by atoms with van der Waals surface area (Å²) in [7, 11) is 0. The monoisotopic (exact) mass is 527 g/mol. The molecule has 9 heteroatoms. The number of carbonyl (C=O) groups is 2. The van der Waals surface area contributed by atoms with Crippen molar-refractivity contribution in [2.24, 2.45) is 0 Å². The van der Waals surface area contributed by atoms with Crippen LogP contribution in [0.4, 0.5) is 19.7 Å². The molecule has 0 aliphatic carbocycles. The molecule has 0 bridgehead atoms. The van der Waals surface area contributed by atoms with Crippen molar-refractivity contribution in [1.29, 1.82) is 0 Å². The SMILES string of the molecule is CC(C)(C)OC(=O)Nc1ccc(Oc2ccc(/C=C/c3ccsc3)cc2OC(=O)OC(C)(C)C)c(F)c1. The van der Waals surface area contributed by atoms with E-state index < -0.39 is 29.3 Å². The molecule has 0 unspecified atom stereocenters. The van der Waals surface area contributed by atoms with E-state index in [1.807, 2.05) is 29.0 Å². The molecule has 3 rings (SSSR count). The molecule has 0 radical (unpaired) electrons. The number of hydrogen-bond donors (Lipinski definition) is 1. The van der Waals surface area contributed by atoms with Crippen molar-refractivity contribution < 1.29 is 32.9 Å². The maximum Gasteiger partial charge on any atom is 0.514 e. The standard InChI is InChI=1S/C28H30FNO6S/c1-27(2,3)35-25(31)30-20-10-12-22(21(29)16-20)33-23-11-9-18(7-8-19-13-14-37-17-19)15-24(23)34-26(32)36-28(4,5)6/h7-17H,1-6H3,(H,30,31)/b8-7+. The largest absolute Gasteiger partial charge is 0.514 e. The fraction of sp³-hybridized carbons (Fsp3) is 0.286. The van der Waals surface area contributed by atoms with E-state index in [1.54, 1.807) is 71.1 Å². The summed E-state index contributed by atoms with van der Waals surface area (Å²) in [5.74, 6) is -0.717. The van der Waals surface area contributed by atoms with E-state index in [2.05, 4.69) is 5.32 Å². The molecule has 2 aromatic carbocycles. The van der Waals surface area contributed by atoms with Crippen LogP contribution in [-0.2, 0) is 9.47 Å². The highest BCUT2D eigenvalue weighted by Gasteiger charge is 2.21. The molecule has 1 N–H and O–H groups in total. The highest BCUT2D eigenvalue weighted by Crippen LogP contribution is 2.35. The third-order valence-corrected chi connectivity index (χ3v) is 5.06. The Morgan fingerprint density at radius 2 is 1.51 bits per heavy atom. The smallest absolute Gasteiger partial charge is 0.450 e. The number of thiophene rings is 1. The van der Waals surface area contributed by atoms with E-state index in [0.717, 1.165) is 17.2 Å². The molecule has 196 valence electrons. The van der Waals surface area contributed by atoms with E-state index in [1.165, 1.54) is 12.1 Å². The predicted molar refractivity (Wildman–Crippen MR) is 143 cm³/mol. The molecule has 0 aliphatic rings. The van der Waals surface area contributed by atoms with Crippen LogP contribution in [0.3, 0.4) is 0 Å². The van der Waals surface area contributed by atoms with Gasteiger partial charge in [-0.15, -0.1) is 0 Å². The van der Waals surface area contributed by atoms with Gasteiger partial charge in [0.15, 0.2) is 23.1 Å². The lowest BCUT2D eigenvalue weighted by Gasteiger charge is -2.20. The van der Waals surface area contributed by atoms with Crippen LogP contribution >= 0.6 is 11.3 Å². The Kier molecular flexibility index (Phi) is 8.60. The number of nitrogens with one attached hydrogen (secondary N) is 1. The molecule has 0 saturated heterocycles. The molecule has 1 amide bonds. The average Bonchev–Trinajstić information content (AvgIpc) is 3.26. The third-order valence-electron chi connectivity index (χ3n) is 4.36. The number of ether oxygens (including phenoxy) is 4. The number of halogens is 1. The van der Waals surface area contributed by atoms with Crippen molar-refractivity contribution in [2.45, 2.75) is 52.7 Å². The Labute approximate surface area is 219 Å². The molecule has 37 heavy (non-hydrogen) atoms. The zero-order valence-electron chi connectivity index (χ0n) is 21.6. The lowest BCUT2D eigenvalue weighted by atomic mass is 10.1. The quantitative estimate of drug-likeness (QED) is 0.256. The van der Waals surface area contributed by atoms with Crippen molar-refractivity contribution in [3.8, 4) is 17.2 Å². The van der Waals surface area contributed by atoms with E-state index in [0.29, 0.717) is 0 Å². The van der Waals surface area contributed by atoms with E-state index in [9.17, 15) is 14.0 Å². The van der Waals surface area contributed by atoms with Crippen LogP contribution in [0.25, 0.3) is 12.2 Å². The second-order valence-corrected chi connectivity index (χ2v) is 10.8. The Morgan fingerprint density at radius 1 is 0.838 bits per heavy atom. The number of amides is 1. The Hall–Kier alpha value is -3.85.